The van der Waals surface area contributed by atoms with Crippen LogP contribution in [0.2, 0.25) is 0 Å². The number of hydrogen-bond acceptors (Lipinski definition) is 4. The van der Waals surface area contributed by atoms with E-state index in [0.29, 0.717) is 19.6 Å². The molecule has 0 aliphatic carbocycles. The molecule has 0 N–H and O–H groups in total. The number of likely N-dealkylation sites (tertiary alicyclic amines) is 1. The van der Waals surface area contributed by atoms with Crippen LogP contribution in [0.4, 0.5) is 5.69 Å². The fraction of sp³-hybridized carbons (Fsp3) is 0.421. The van der Waals surface area contributed by atoms with Crippen molar-refractivity contribution in [3.05, 3.63) is 52.2 Å². The summed E-state index contributed by atoms with van der Waals surface area (Å²) in [7, 11) is -3.30. The predicted molar refractivity (Wildman–Crippen MR) is 104 cm³/mol. The SMILES string of the molecule is CCS(=O)(=O)N1CC2(CCN(C(=O)c3ccsc3)CC2)c2ccccc21. The smallest absolute Gasteiger partial charge is 0.254 e. The van der Waals surface area contributed by atoms with Gasteiger partial charge in [-0.2, -0.15) is 11.3 Å². The van der Waals surface area contributed by atoms with Gasteiger partial charge in [0.25, 0.3) is 5.91 Å². The molecule has 2 aliphatic heterocycles. The largest absolute Gasteiger partial charge is 0.339 e. The van der Waals surface area contributed by atoms with Gasteiger partial charge in [0, 0.05) is 30.4 Å². The third-order valence-electron chi connectivity index (χ3n) is 5.67. The Morgan fingerprint density at radius 1 is 1.19 bits per heavy atom. The van der Waals surface area contributed by atoms with Gasteiger partial charge in [-0.3, -0.25) is 9.10 Å². The number of sulfonamides is 1. The van der Waals surface area contributed by atoms with Crippen molar-refractivity contribution in [3.63, 3.8) is 0 Å². The highest BCUT2D eigenvalue weighted by Gasteiger charge is 2.47. The van der Waals surface area contributed by atoms with Crippen molar-refractivity contribution in [1.29, 1.82) is 0 Å². The van der Waals surface area contributed by atoms with E-state index < -0.39 is 10.0 Å². The van der Waals surface area contributed by atoms with Crippen molar-refractivity contribution in [2.75, 3.05) is 29.7 Å². The number of thiophene rings is 1. The van der Waals surface area contributed by atoms with Gasteiger partial charge in [0.1, 0.15) is 0 Å². The molecule has 1 saturated heterocycles. The van der Waals surface area contributed by atoms with Gasteiger partial charge in [0.2, 0.25) is 10.0 Å². The van der Waals surface area contributed by atoms with Crippen molar-refractivity contribution in [2.45, 2.75) is 25.2 Å². The highest BCUT2D eigenvalue weighted by atomic mass is 32.2. The average molecular weight is 391 g/mol. The number of piperidine rings is 1. The number of hydrogen-bond donors (Lipinski definition) is 0. The quantitative estimate of drug-likeness (QED) is 0.809. The van der Waals surface area contributed by atoms with Gasteiger partial charge < -0.3 is 4.90 Å². The zero-order chi connectivity index (χ0) is 18.4. The monoisotopic (exact) mass is 390 g/mol. The lowest BCUT2D eigenvalue weighted by molar-refractivity contribution is 0.0675. The van der Waals surface area contributed by atoms with Crippen LogP contribution in [-0.4, -0.2) is 44.6 Å². The van der Waals surface area contributed by atoms with Crippen molar-refractivity contribution < 1.29 is 13.2 Å². The van der Waals surface area contributed by atoms with E-state index in [1.54, 1.807) is 11.2 Å². The summed E-state index contributed by atoms with van der Waals surface area (Å²) < 4.78 is 26.7. The number of anilines is 1. The first-order valence-electron chi connectivity index (χ1n) is 8.88. The number of benzene rings is 1. The molecule has 3 heterocycles. The van der Waals surface area contributed by atoms with Gasteiger partial charge in [0.05, 0.1) is 17.0 Å². The van der Waals surface area contributed by atoms with Gasteiger partial charge in [0.15, 0.2) is 0 Å². The Labute approximate surface area is 158 Å². The second-order valence-corrected chi connectivity index (χ2v) is 9.97. The van der Waals surface area contributed by atoms with E-state index in [2.05, 4.69) is 6.07 Å². The Morgan fingerprint density at radius 2 is 1.92 bits per heavy atom. The first-order chi connectivity index (χ1) is 12.5. The second kappa shape index (κ2) is 6.39. The maximum atomic E-state index is 12.6. The third kappa shape index (κ3) is 2.74. The number of amides is 1. The van der Waals surface area contributed by atoms with Crippen molar-refractivity contribution in [2.24, 2.45) is 0 Å². The van der Waals surface area contributed by atoms with E-state index in [1.165, 1.54) is 11.3 Å². The number of carbonyl (C=O) groups is 1. The van der Waals surface area contributed by atoms with Gasteiger partial charge >= 0.3 is 0 Å². The maximum Gasteiger partial charge on any atom is 0.254 e. The Kier molecular flexibility index (Phi) is 4.31. The summed E-state index contributed by atoms with van der Waals surface area (Å²) in [4.78, 5) is 14.5. The van der Waals surface area contributed by atoms with E-state index in [-0.39, 0.29) is 17.1 Å². The lowest BCUT2D eigenvalue weighted by Gasteiger charge is -2.39. The second-order valence-electron chi connectivity index (χ2n) is 7.01. The summed E-state index contributed by atoms with van der Waals surface area (Å²) in [6, 6.07) is 9.69. The van der Waals surface area contributed by atoms with Gasteiger partial charge in [-0.05, 0) is 42.8 Å². The number of nitrogens with zero attached hydrogens (tertiary/aromatic N) is 2. The molecule has 0 bridgehead atoms. The number of carbonyl (C=O) groups excluding carboxylic acids is 1. The number of para-hydroxylation sites is 1. The van der Waals surface area contributed by atoms with Crippen LogP contribution in [0.5, 0.6) is 0 Å². The first-order valence-corrected chi connectivity index (χ1v) is 11.4. The van der Waals surface area contributed by atoms with Gasteiger partial charge in [-0.1, -0.05) is 18.2 Å². The van der Waals surface area contributed by atoms with Crippen LogP contribution in [-0.2, 0) is 15.4 Å². The summed E-state index contributed by atoms with van der Waals surface area (Å²) in [5, 5.41) is 3.80. The minimum Gasteiger partial charge on any atom is -0.339 e. The lowest BCUT2D eigenvalue weighted by Crippen LogP contribution is -2.47. The van der Waals surface area contributed by atoms with Gasteiger partial charge in [-0.15, -0.1) is 0 Å². The molecule has 1 aromatic carbocycles. The summed E-state index contributed by atoms with van der Waals surface area (Å²) in [6.45, 7) is 3.49. The average Bonchev–Trinajstić information content (AvgIpc) is 3.30. The predicted octanol–water partition coefficient (Wildman–Crippen LogP) is 3.09. The molecule has 4 rings (SSSR count). The molecule has 7 heteroatoms. The number of rotatable bonds is 3. The van der Waals surface area contributed by atoms with Crippen LogP contribution < -0.4 is 4.31 Å². The highest BCUT2D eigenvalue weighted by Crippen LogP contribution is 2.48. The highest BCUT2D eigenvalue weighted by molar-refractivity contribution is 7.92. The topological polar surface area (TPSA) is 57.7 Å². The standard InChI is InChI=1S/C19H22N2O3S2/c1-2-26(23,24)21-14-19(16-5-3-4-6-17(16)21)8-10-20(11-9-19)18(22)15-7-12-25-13-15/h3-7,12-13H,2,8-11,14H2,1H3. The van der Waals surface area contributed by atoms with E-state index in [0.717, 1.165) is 29.7 Å². The fourth-order valence-corrected chi connectivity index (χ4v) is 5.97. The first kappa shape index (κ1) is 17.5. The molecule has 0 unspecified atom stereocenters. The minimum atomic E-state index is -3.30. The zero-order valence-electron chi connectivity index (χ0n) is 14.7. The van der Waals surface area contributed by atoms with Crippen LogP contribution >= 0.6 is 11.3 Å². The molecule has 1 aromatic heterocycles. The Morgan fingerprint density at radius 3 is 2.58 bits per heavy atom. The molecule has 1 fully saturated rings. The van der Waals surface area contributed by atoms with E-state index in [4.69, 9.17) is 0 Å². The van der Waals surface area contributed by atoms with Crippen molar-refractivity contribution >= 4 is 33.0 Å². The molecule has 0 saturated carbocycles. The molecule has 2 aliphatic rings. The molecule has 0 atom stereocenters. The molecule has 138 valence electrons. The van der Waals surface area contributed by atoms with Crippen molar-refractivity contribution in [1.82, 2.24) is 4.90 Å². The Balaban J connectivity index is 1.60. The molecule has 2 aromatic rings. The molecule has 5 nitrogen and oxygen atoms in total. The van der Waals surface area contributed by atoms with E-state index in [9.17, 15) is 13.2 Å². The molecular formula is C19H22N2O3S2. The minimum absolute atomic E-state index is 0.0745. The molecule has 26 heavy (non-hydrogen) atoms. The van der Waals surface area contributed by atoms with E-state index in [1.807, 2.05) is 39.9 Å². The van der Waals surface area contributed by atoms with Crippen LogP contribution in [0.25, 0.3) is 0 Å². The molecule has 1 amide bonds. The normalized spacial score (nSPS) is 19.0. The van der Waals surface area contributed by atoms with Gasteiger partial charge in [-0.25, -0.2) is 8.42 Å². The maximum absolute atomic E-state index is 12.6. The van der Waals surface area contributed by atoms with Crippen LogP contribution in [0.1, 0.15) is 35.7 Å². The number of fused-ring (bicyclic) bond motifs is 2. The molecular weight excluding hydrogens is 368 g/mol. The zero-order valence-corrected chi connectivity index (χ0v) is 16.4. The molecule has 1 spiro atoms. The summed E-state index contributed by atoms with van der Waals surface area (Å²) >= 11 is 1.53. The van der Waals surface area contributed by atoms with Crippen LogP contribution in [0.3, 0.4) is 0 Å². The summed E-state index contributed by atoms with van der Waals surface area (Å²) in [5.74, 6) is 0.172. The fourth-order valence-electron chi connectivity index (χ4n) is 4.12. The van der Waals surface area contributed by atoms with Crippen molar-refractivity contribution in [3.8, 4) is 0 Å². The Bertz CT molecular complexity index is 914. The lowest BCUT2D eigenvalue weighted by atomic mass is 9.74. The van der Waals surface area contributed by atoms with Crippen LogP contribution in [0, 0.1) is 0 Å². The van der Waals surface area contributed by atoms with Crippen LogP contribution in [0.15, 0.2) is 41.1 Å². The summed E-state index contributed by atoms with van der Waals surface area (Å²) in [5.41, 5.74) is 2.48. The molecule has 0 radical (unpaired) electrons. The Hall–Kier alpha value is -1.86. The van der Waals surface area contributed by atoms with E-state index >= 15 is 0 Å². The third-order valence-corrected chi connectivity index (χ3v) is 8.08. The summed E-state index contributed by atoms with van der Waals surface area (Å²) in [6.07, 6.45) is 1.57.